The van der Waals surface area contributed by atoms with Crippen LogP contribution in [-0.2, 0) is 6.42 Å². The zero-order valence-corrected chi connectivity index (χ0v) is 18.2. The highest BCUT2D eigenvalue weighted by Crippen LogP contribution is 2.29. The fraction of sp³-hybridized carbons (Fsp3) is 0.111. The third-order valence-electron chi connectivity index (χ3n) is 5.39. The average molecular weight is 425 g/mol. The van der Waals surface area contributed by atoms with Crippen molar-refractivity contribution in [1.29, 1.82) is 0 Å². The lowest BCUT2D eigenvalue weighted by Gasteiger charge is -2.11. The highest BCUT2D eigenvalue weighted by Gasteiger charge is 2.13. The molecule has 32 heavy (non-hydrogen) atoms. The molecule has 0 aliphatic carbocycles. The zero-order valence-electron chi connectivity index (χ0n) is 18.2. The van der Waals surface area contributed by atoms with E-state index < -0.39 is 0 Å². The van der Waals surface area contributed by atoms with Gasteiger partial charge in [0, 0.05) is 30.9 Å². The number of halogens is 1. The third kappa shape index (κ3) is 4.37. The summed E-state index contributed by atoms with van der Waals surface area (Å²) in [6, 6.07) is 12.8. The summed E-state index contributed by atoms with van der Waals surface area (Å²) in [4.78, 5) is 12.6. The molecular formula is C27H25FN4. The van der Waals surface area contributed by atoms with Gasteiger partial charge in [0.1, 0.15) is 11.6 Å². The highest BCUT2D eigenvalue weighted by molar-refractivity contribution is 5.91. The Labute approximate surface area is 187 Å². The van der Waals surface area contributed by atoms with Crippen LogP contribution in [0.5, 0.6) is 0 Å². The zero-order chi connectivity index (χ0) is 22.5. The van der Waals surface area contributed by atoms with Gasteiger partial charge < -0.3 is 10.3 Å². The topological polar surface area (TPSA) is 53.6 Å². The molecule has 4 aromatic rings. The fourth-order valence-electron chi connectivity index (χ4n) is 3.78. The van der Waals surface area contributed by atoms with Gasteiger partial charge in [0.05, 0.1) is 17.2 Å². The molecule has 0 fully saturated rings. The molecule has 0 amide bonds. The fourth-order valence-corrected chi connectivity index (χ4v) is 3.78. The number of rotatable bonds is 7. The normalized spacial score (nSPS) is 11.9. The molecule has 160 valence electrons. The van der Waals surface area contributed by atoms with Crippen LogP contribution in [0, 0.1) is 5.82 Å². The van der Waals surface area contributed by atoms with Gasteiger partial charge in [-0.25, -0.2) is 9.37 Å². The van der Waals surface area contributed by atoms with Gasteiger partial charge in [0.25, 0.3) is 0 Å². The summed E-state index contributed by atoms with van der Waals surface area (Å²) in [7, 11) is 1.92. The minimum absolute atomic E-state index is 0.264. The number of aromatic amines is 1. The van der Waals surface area contributed by atoms with E-state index in [0.29, 0.717) is 6.42 Å². The Balaban J connectivity index is 1.72. The van der Waals surface area contributed by atoms with Crippen molar-refractivity contribution in [3.05, 3.63) is 109 Å². The summed E-state index contributed by atoms with van der Waals surface area (Å²) in [5.41, 5.74) is 7.87. The van der Waals surface area contributed by atoms with E-state index in [1.54, 1.807) is 30.6 Å². The van der Waals surface area contributed by atoms with E-state index in [1.807, 2.05) is 26.1 Å². The van der Waals surface area contributed by atoms with Crippen LogP contribution in [0.1, 0.15) is 23.9 Å². The second kappa shape index (κ2) is 9.43. The standard InChI is InChI=1S/C27H25FN4/c1-4-6-7-18(5-2)20-10-13-24(29-3)21(14-20)15-26-31-25-17-30-16-23(27(25)32-26)19-8-11-22(28)12-9-19/h4-14,16-17,29H,1,15H2,2-3H3,(H,31,32)/b7-6-,18-5+. The number of anilines is 1. The van der Waals surface area contributed by atoms with E-state index in [9.17, 15) is 4.39 Å². The van der Waals surface area contributed by atoms with Crippen LogP contribution >= 0.6 is 0 Å². The van der Waals surface area contributed by atoms with Crippen molar-refractivity contribution in [1.82, 2.24) is 15.0 Å². The lowest BCUT2D eigenvalue weighted by molar-refractivity contribution is 0.628. The van der Waals surface area contributed by atoms with Crippen LogP contribution in [-0.4, -0.2) is 22.0 Å². The number of aromatic nitrogens is 3. The molecule has 2 heterocycles. The maximum atomic E-state index is 13.4. The smallest absolute Gasteiger partial charge is 0.123 e. The van der Waals surface area contributed by atoms with Crippen LogP contribution in [0.15, 0.2) is 85.7 Å². The van der Waals surface area contributed by atoms with Crippen molar-refractivity contribution in [2.45, 2.75) is 13.3 Å². The monoisotopic (exact) mass is 424 g/mol. The van der Waals surface area contributed by atoms with Gasteiger partial charge in [-0.3, -0.25) is 4.98 Å². The van der Waals surface area contributed by atoms with E-state index in [-0.39, 0.29) is 5.82 Å². The first-order valence-electron chi connectivity index (χ1n) is 10.5. The summed E-state index contributed by atoms with van der Waals surface area (Å²) >= 11 is 0. The Morgan fingerprint density at radius 2 is 1.97 bits per heavy atom. The van der Waals surface area contributed by atoms with Crippen molar-refractivity contribution in [2.75, 3.05) is 12.4 Å². The molecule has 2 N–H and O–H groups in total. The lowest BCUT2D eigenvalue weighted by atomic mass is 9.99. The number of hydrogen-bond acceptors (Lipinski definition) is 3. The number of nitrogens with zero attached hydrogens (tertiary/aromatic N) is 2. The number of imidazole rings is 1. The maximum absolute atomic E-state index is 13.4. The summed E-state index contributed by atoms with van der Waals surface area (Å²) in [5.74, 6) is 0.577. The largest absolute Gasteiger partial charge is 0.388 e. The van der Waals surface area contributed by atoms with Crippen molar-refractivity contribution in [3.63, 3.8) is 0 Å². The van der Waals surface area contributed by atoms with E-state index in [2.05, 4.69) is 46.1 Å². The predicted octanol–water partition coefficient (Wildman–Crippen LogP) is 6.54. The van der Waals surface area contributed by atoms with E-state index in [0.717, 1.165) is 50.4 Å². The average Bonchev–Trinajstić information content (AvgIpc) is 3.23. The Morgan fingerprint density at radius 1 is 1.16 bits per heavy atom. The number of nitrogens with one attached hydrogen (secondary N) is 2. The van der Waals surface area contributed by atoms with Crippen LogP contribution in [0.3, 0.4) is 0 Å². The van der Waals surface area contributed by atoms with Crippen molar-refractivity contribution in [2.24, 2.45) is 0 Å². The lowest BCUT2D eigenvalue weighted by Crippen LogP contribution is -1.99. The van der Waals surface area contributed by atoms with Crippen LogP contribution < -0.4 is 5.32 Å². The molecule has 0 aliphatic heterocycles. The van der Waals surface area contributed by atoms with Crippen molar-refractivity contribution >= 4 is 22.3 Å². The molecule has 2 aromatic heterocycles. The van der Waals surface area contributed by atoms with Crippen LogP contribution in [0.4, 0.5) is 10.1 Å². The molecule has 0 aliphatic rings. The van der Waals surface area contributed by atoms with Crippen LogP contribution in [0.2, 0.25) is 0 Å². The molecule has 0 spiro atoms. The number of H-pyrrole nitrogens is 1. The molecule has 2 aromatic carbocycles. The summed E-state index contributed by atoms with van der Waals surface area (Å²) in [5, 5.41) is 3.28. The van der Waals surface area contributed by atoms with E-state index >= 15 is 0 Å². The first-order chi connectivity index (χ1) is 15.6. The molecule has 0 radical (unpaired) electrons. The number of hydrogen-bond donors (Lipinski definition) is 2. The SMILES string of the molecule is C=C/C=C\C(=C/C)c1ccc(NC)c(Cc2nc3c(-c4ccc(F)cc4)cncc3[nH]2)c1. The Kier molecular flexibility index (Phi) is 6.26. The van der Waals surface area contributed by atoms with E-state index in [1.165, 1.54) is 12.1 Å². The second-order valence-electron chi connectivity index (χ2n) is 7.41. The molecule has 0 atom stereocenters. The van der Waals surface area contributed by atoms with Gasteiger partial charge in [0.15, 0.2) is 0 Å². The quantitative estimate of drug-likeness (QED) is 0.331. The highest BCUT2D eigenvalue weighted by atomic mass is 19.1. The number of pyridine rings is 1. The Hall–Kier alpha value is -3.99. The summed E-state index contributed by atoms with van der Waals surface area (Å²) < 4.78 is 13.4. The van der Waals surface area contributed by atoms with E-state index in [4.69, 9.17) is 4.98 Å². The third-order valence-corrected chi connectivity index (χ3v) is 5.39. The van der Waals surface area contributed by atoms with Gasteiger partial charge in [-0.1, -0.05) is 49.1 Å². The number of allylic oxidation sites excluding steroid dienone is 5. The molecule has 4 nitrogen and oxygen atoms in total. The molecule has 0 unspecified atom stereocenters. The van der Waals surface area contributed by atoms with Gasteiger partial charge in [-0.15, -0.1) is 0 Å². The molecule has 0 bridgehead atoms. The van der Waals surface area contributed by atoms with Gasteiger partial charge in [-0.05, 0) is 53.5 Å². The molecular weight excluding hydrogens is 399 g/mol. The molecule has 5 heteroatoms. The van der Waals surface area contributed by atoms with Crippen LogP contribution in [0.25, 0.3) is 27.7 Å². The van der Waals surface area contributed by atoms with Gasteiger partial charge in [-0.2, -0.15) is 0 Å². The van der Waals surface area contributed by atoms with Crippen molar-refractivity contribution < 1.29 is 4.39 Å². The Bertz CT molecular complexity index is 1310. The van der Waals surface area contributed by atoms with Gasteiger partial charge in [0.2, 0.25) is 0 Å². The number of benzene rings is 2. The summed E-state index contributed by atoms with van der Waals surface area (Å²) in [6.07, 6.45) is 12.0. The first-order valence-corrected chi connectivity index (χ1v) is 10.5. The molecule has 0 saturated carbocycles. The first kappa shape index (κ1) is 21.2. The Morgan fingerprint density at radius 3 is 2.69 bits per heavy atom. The van der Waals surface area contributed by atoms with Crippen molar-refractivity contribution in [3.8, 4) is 11.1 Å². The second-order valence-corrected chi connectivity index (χ2v) is 7.41. The molecule has 4 rings (SSSR count). The molecule has 0 saturated heterocycles. The minimum Gasteiger partial charge on any atom is -0.388 e. The predicted molar refractivity (Wildman–Crippen MR) is 131 cm³/mol. The number of fused-ring (bicyclic) bond motifs is 1. The minimum atomic E-state index is -0.264. The maximum Gasteiger partial charge on any atom is 0.123 e. The van der Waals surface area contributed by atoms with Gasteiger partial charge >= 0.3 is 0 Å². The summed E-state index contributed by atoms with van der Waals surface area (Å²) in [6.45, 7) is 5.78.